The van der Waals surface area contributed by atoms with E-state index in [9.17, 15) is 9.59 Å². The number of hydrogen-bond acceptors (Lipinski definition) is 7. The van der Waals surface area contributed by atoms with Crippen molar-refractivity contribution < 1.29 is 23.8 Å². The Morgan fingerprint density at radius 3 is 2.21 bits per heavy atom. The van der Waals surface area contributed by atoms with Crippen LogP contribution in [0.15, 0.2) is 47.4 Å². The Hall–Kier alpha value is -2.60. The molecular formula is C23H26Cl2N2O5S. The third-order valence-corrected chi connectivity index (χ3v) is 4.77. The van der Waals surface area contributed by atoms with Gasteiger partial charge in [0, 0.05) is 17.5 Å². The molecule has 0 saturated heterocycles. The van der Waals surface area contributed by atoms with Gasteiger partial charge in [0.25, 0.3) is 0 Å². The van der Waals surface area contributed by atoms with Gasteiger partial charge in [-0.05, 0) is 45.0 Å². The molecule has 0 aromatic heterocycles. The number of nitrogens with one attached hydrogen (secondary N) is 1. The first-order chi connectivity index (χ1) is 15.5. The quantitative estimate of drug-likeness (QED) is 0.254. The molecule has 1 amide bonds. The lowest BCUT2D eigenvalue weighted by Crippen LogP contribution is -2.27. The second kappa shape index (κ2) is 14.5. The summed E-state index contributed by atoms with van der Waals surface area (Å²) in [6.45, 7) is 6.76. The van der Waals surface area contributed by atoms with E-state index in [1.54, 1.807) is 32.5 Å². The molecule has 0 saturated carbocycles. The van der Waals surface area contributed by atoms with Crippen LogP contribution in [0.25, 0.3) is 0 Å². The van der Waals surface area contributed by atoms with E-state index in [0.29, 0.717) is 11.4 Å². The van der Waals surface area contributed by atoms with Crippen LogP contribution in [0.2, 0.25) is 10.0 Å². The Morgan fingerprint density at radius 1 is 1.09 bits per heavy atom. The molecule has 0 aliphatic rings. The van der Waals surface area contributed by atoms with Crippen LogP contribution in [-0.2, 0) is 14.3 Å². The van der Waals surface area contributed by atoms with Crippen molar-refractivity contribution in [3.05, 3.63) is 52.5 Å². The van der Waals surface area contributed by atoms with Gasteiger partial charge in [-0.15, -0.1) is 11.8 Å². The van der Waals surface area contributed by atoms with Gasteiger partial charge >= 0.3 is 12.1 Å². The molecule has 0 unspecified atom stereocenters. The number of nitrogens with zero attached hydrogens (tertiary/aromatic N) is 1. The highest BCUT2D eigenvalue weighted by atomic mass is 35.5. The van der Waals surface area contributed by atoms with Crippen molar-refractivity contribution in [2.45, 2.75) is 38.2 Å². The van der Waals surface area contributed by atoms with Crippen molar-refractivity contribution in [3.63, 3.8) is 0 Å². The van der Waals surface area contributed by atoms with Crippen molar-refractivity contribution in [2.24, 2.45) is 0 Å². The zero-order valence-corrected chi connectivity index (χ0v) is 21.1. The van der Waals surface area contributed by atoms with Gasteiger partial charge in [-0.3, -0.25) is 10.1 Å². The van der Waals surface area contributed by atoms with Gasteiger partial charge in [0.05, 0.1) is 21.9 Å². The molecule has 2 aromatic rings. The molecule has 1 N–H and O–H groups in total. The molecule has 33 heavy (non-hydrogen) atoms. The lowest BCUT2D eigenvalue weighted by Gasteiger charge is -2.20. The van der Waals surface area contributed by atoms with Crippen molar-refractivity contribution >= 4 is 52.7 Å². The minimum atomic E-state index is -0.617. The maximum absolute atomic E-state index is 11.7. The van der Waals surface area contributed by atoms with Gasteiger partial charge in [-0.2, -0.15) is 5.26 Å². The van der Waals surface area contributed by atoms with Crippen LogP contribution in [0.5, 0.6) is 5.75 Å². The molecule has 0 aliphatic heterocycles. The summed E-state index contributed by atoms with van der Waals surface area (Å²) in [5, 5.41) is 11.2. The maximum Gasteiger partial charge on any atom is 0.412 e. The van der Waals surface area contributed by atoms with E-state index in [0.717, 1.165) is 4.90 Å². The minimum Gasteiger partial charge on any atom is -0.487 e. The first-order valence-electron chi connectivity index (χ1n) is 9.82. The highest BCUT2D eigenvalue weighted by Crippen LogP contribution is 2.36. The van der Waals surface area contributed by atoms with Gasteiger partial charge < -0.3 is 14.2 Å². The summed E-state index contributed by atoms with van der Waals surface area (Å²) in [5.74, 6) is 0.377. The number of anilines is 1. The number of hydrogen-bond donors (Lipinski definition) is 1. The number of ether oxygens (including phenoxy) is 3. The third kappa shape index (κ3) is 12.9. The highest BCUT2D eigenvalue weighted by molar-refractivity contribution is 7.99. The molecule has 0 aliphatic carbocycles. The fourth-order valence-electron chi connectivity index (χ4n) is 2.15. The van der Waals surface area contributed by atoms with Crippen molar-refractivity contribution in [1.29, 1.82) is 5.26 Å². The van der Waals surface area contributed by atoms with E-state index >= 15 is 0 Å². The lowest BCUT2D eigenvalue weighted by molar-refractivity contribution is -0.141. The Bertz CT molecular complexity index is 937. The summed E-state index contributed by atoms with van der Waals surface area (Å²) in [4.78, 5) is 23.5. The second-order valence-corrected chi connectivity index (χ2v) is 9.21. The number of nitriles is 1. The van der Waals surface area contributed by atoms with Crippen LogP contribution in [0.1, 0.15) is 27.7 Å². The van der Waals surface area contributed by atoms with Gasteiger partial charge in [0.15, 0.2) is 5.75 Å². The summed E-state index contributed by atoms with van der Waals surface area (Å²) < 4.78 is 15.3. The average molecular weight is 513 g/mol. The molecule has 10 heteroatoms. The van der Waals surface area contributed by atoms with Crippen LogP contribution in [0.3, 0.4) is 0 Å². The molecule has 0 heterocycles. The van der Waals surface area contributed by atoms with Crippen molar-refractivity contribution in [1.82, 2.24) is 0 Å². The smallest absolute Gasteiger partial charge is 0.412 e. The van der Waals surface area contributed by atoms with Crippen molar-refractivity contribution in [2.75, 3.05) is 24.3 Å². The van der Waals surface area contributed by atoms with Crippen LogP contribution in [-0.4, -0.2) is 36.6 Å². The van der Waals surface area contributed by atoms with Gasteiger partial charge in [-0.25, -0.2) is 4.79 Å². The van der Waals surface area contributed by atoms with Crippen LogP contribution < -0.4 is 10.1 Å². The molecule has 0 fully saturated rings. The molecule has 178 valence electrons. The van der Waals surface area contributed by atoms with E-state index in [2.05, 4.69) is 11.4 Å². The largest absolute Gasteiger partial charge is 0.487 e. The van der Waals surface area contributed by atoms with Crippen LogP contribution >= 0.6 is 35.0 Å². The number of benzene rings is 2. The molecule has 2 rings (SSSR count). The van der Waals surface area contributed by atoms with E-state index in [1.807, 2.05) is 30.3 Å². The Morgan fingerprint density at radius 2 is 1.70 bits per heavy atom. The zero-order chi connectivity index (χ0) is 24.9. The summed E-state index contributed by atoms with van der Waals surface area (Å²) in [6.07, 6.45) is -0.617. The topological polar surface area (TPSA) is 97.7 Å². The van der Waals surface area contributed by atoms with E-state index in [-0.39, 0.29) is 29.0 Å². The van der Waals surface area contributed by atoms with E-state index < -0.39 is 17.7 Å². The van der Waals surface area contributed by atoms with Crippen LogP contribution in [0, 0.1) is 11.3 Å². The van der Waals surface area contributed by atoms with Crippen molar-refractivity contribution in [3.8, 4) is 11.8 Å². The summed E-state index contributed by atoms with van der Waals surface area (Å²) >= 11 is 13.7. The molecule has 7 nitrogen and oxygen atoms in total. The average Bonchev–Trinajstić information content (AvgIpc) is 2.70. The highest BCUT2D eigenvalue weighted by Gasteiger charge is 2.17. The van der Waals surface area contributed by atoms with Gasteiger partial charge in [0.1, 0.15) is 18.8 Å². The first kappa shape index (κ1) is 28.4. The predicted octanol–water partition coefficient (Wildman–Crippen LogP) is 6.58. The minimum absolute atomic E-state index is 0.0832. The molecule has 0 bridgehead atoms. The van der Waals surface area contributed by atoms with Gasteiger partial charge in [0.2, 0.25) is 0 Å². The summed E-state index contributed by atoms with van der Waals surface area (Å²) in [7, 11) is 0. The third-order valence-electron chi connectivity index (χ3n) is 3.33. The number of halogens is 2. The fraction of sp³-hybridized carbons (Fsp3) is 0.348. The normalized spacial score (nSPS) is 10.2. The van der Waals surface area contributed by atoms with E-state index in [1.165, 1.54) is 19.1 Å². The predicted molar refractivity (Wildman–Crippen MR) is 131 cm³/mol. The fourth-order valence-corrected chi connectivity index (χ4v) is 3.33. The number of thioether (sulfide) groups is 1. The SMILES string of the molecule is CC(=O)OCCOc1c(Cl)cc(NC(=O)OC(C)(C)C)cc1Cl.N#CCSc1ccccc1. The first-order valence-corrected chi connectivity index (χ1v) is 11.6. The summed E-state index contributed by atoms with van der Waals surface area (Å²) in [6, 6.07) is 15.0. The maximum atomic E-state index is 11.7. The molecule has 0 radical (unpaired) electrons. The molecular weight excluding hydrogens is 487 g/mol. The van der Waals surface area contributed by atoms with Gasteiger partial charge in [-0.1, -0.05) is 41.4 Å². The number of carbonyl (C=O) groups is 2. The lowest BCUT2D eigenvalue weighted by atomic mass is 10.2. The number of carbonyl (C=O) groups excluding carboxylic acids is 2. The Balaban J connectivity index is 0.000000451. The second-order valence-electron chi connectivity index (χ2n) is 7.34. The zero-order valence-electron chi connectivity index (χ0n) is 18.8. The van der Waals surface area contributed by atoms with Crippen LogP contribution in [0.4, 0.5) is 10.5 Å². The van der Waals surface area contributed by atoms with E-state index in [4.69, 9.17) is 42.7 Å². The standard InChI is InChI=1S/C15H19Cl2NO5.C8H7NS/c1-9(19)21-5-6-22-13-11(16)7-10(8-12(13)17)18-14(20)23-15(2,3)4;9-6-7-10-8-4-2-1-3-5-8/h7-8H,5-6H2,1-4H3,(H,18,20);1-5H,7H2. The number of amides is 1. The molecule has 2 aromatic carbocycles. The number of esters is 1. The monoisotopic (exact) mass is 512 g/mol. The molecule has 0 spiro atoms. The number of rotatable bonds is 7. The Labute approximate surface area is 208 Å². The molecule has 0 atom stereocenters. The Kier molecular flexibility index (Phi) is 12.5. The summed E-state index contributed by atoms with van der Waals surface area (Å²) in [5.41, 5.74) is -0.237.